The van der Waals surface area contributed by atoms with Gasteiger partial charge in [0.2, 0.25) is 0 Å². The van der Waals surface area contributed by atoms with Crippen LogP contribution in [0.25, 0.3) is 0 Å². The largest absolute Gasteiger partial charge is 0.472 e. The molecule has 6 atom stereocenters. The second-order valence-electron chi connectivity index (χ2n) is 25.5. The molecule has 0 aliphatic carbocycles. The molecular formula is C66H128O17P2. The highest BCUT2D eigenvalue weighted by molar-refractivity contribution is 7.47. The zero-order chi connectivity index (χ0) is 63.2. The molecule has 0 radical (unpaired) electrons. The first-order valence-corrected chi connectivity index (χ1v) is 37.2. The molecule has 3 unspecified atom stereocenters. The molecule has 0 spiro atoms. The zero-order valence-electron chi connectivity index (χ0n) is 55.2. The Morgan fingerprint density at radius 1 is 0.329 bits per heavy atom. The number of carbonyl (C=O) groups is 4. The Labute approximate surface area is 517 Å². The van der Waals surface area contributed by atoms with Crippen molar-refractivity contribution in [2.75, 3.05) is 39.6 Å². The summed E-state index contributed by atoms with van der Waals surface area (Å²) in [6, 6.07) is 0. The number of unbranched alkanes of at least 4 members (excludes halogenated alkanes) is 28. The predicted octanol–water partition coefficient (Wildman–Crippen LogP) is 18.1. The Morgan fingerprint density at radius 3 is 0.835 bits per heavy atom. The molecule has 0 aliphatic rings. The van der Waals surface area contributed by atoms with Gasteiger partial charge in [-0.3, -0.25) is 37.3 Å². The predicted molar refractivity (Wildman–Crippen MR) is 340 cm³/mol. The van der Waals surface area contributed by atoms with Crippen LogP contribution in [0.2, 0.25) is 0 Å². The number of hydrogen-bond acceptors (Lipinski definition) is 15. The Hall–Kier alpha value is -1.94. The van der Waals surface area contributed by atoms with Crippen molar-refractivity contribution < 1.29 is 80.2 Å². The van der Waals surface area contributed by atoms with Crippen LogP contribution >= 0.6 is 15.6 Å². The highest BCUT2D eigenvalue weighted by Crippen LogP contribution is 2.45. The summed E-state index contributed by atoms with van der Waals surface area (Å²) in [6.07, 6.45) is 36.4. The molecular weight excluding hydrogens is 1130 g/mol. The molecule has 0 aliphatic heterocycles. The van der Waals surface area contributed by atoms with E-state index in [2.05, 4.69) is 55.4 Å². The highest BCUT2D eigenvalue weighted by atomic mass is 31.2. The molecule has 0 fully saturated rings. The number of phosphoric acid groups is 2. The lowest BCUT2D eigenvalue weighted by Gasteiger charge is -2.21. The zero-order valence-corrected chi connectivity index (χ0v) is 57.0. The number of rotatable bonds is 63. The van der Waals surface area contributed by atoms with Crippen molar-refractivity contribution in [3.8, 4) is 0 Å². The lowest BCUT2D eigenvalue weighted by atomic mass is 10.00. The monoisotopic (exact) mass is 1250 g/mol. The SMILES string of the molecule is CCC(C)CCCCCCCCC(=O)OC[C@H](COP(=O)(O)OC[C@H](O)COP(=O)(O)OC[C@@H](COC(=O)CCCCCCCCCCCCCCC(C)C)OC(=O)CCCCCCCCC(C)C)OC(=O)CCCCCCCCCCC(C)C. The Kier molecular flexibility index (Phi) is 54.8. The van der Waals surface area contributed by atoms with Gasteiger partial charge in [0.05, 0.1) is 26.4 Å². The standard InChI is InChI=1S/C66H128O17P2/c1-9-59(8)45-37-29-23-25-31-39-47-64(69)77-53-61(82-65(70)48-40-32-21-17-16-19-27-35-43-57(4)5)54-80-84(72,73)78-50-60(67)51-79-85(74,75)81-55-62(83-66(71)49-41-33-24-22-28-36-44-58(6)7)52-76-63(68)46-38-30-20-15-13-11-10-12-14-18-26-34-42-56(2)3/h56-62,67H,9-55H2,1-8H3,(H,72,73)(H,74,75)/t59?,60-,61+,62+/m0/s1. The molecule has 0 aromatic rings. The van der Waals surface area contributed by atoms with Crippen molar-refractivity contribution >= 4 is 39.5 Å². The fourth-order valence-corrected chi connectivity index (χ4v) is 11.3. The molecule has 17 nitrogen and oxygen atoms in total. The normalized spacial score (nSPS) is 14.7. The fourth-order valence-electron chi connectivity index (χ4n) is 9.75. The fraction of sp³-hybridized carbons (Fsp3) is 0.939. The van der Waals surface area contributed by atoms with Crippen molar-refractivity contribution in [3.05, 3.63) is 0 Å². The Balaban J connectivity index is 5.22. The smallest absolute Gasteiger partial charge is 0.462 e. The third-order valence-corrected chi connectivity index (χ3v) is 17.3. The number of carbonyl (C=O) groups excluding carboxylic acids is 4. The number of aliphatic hydroxyl groups is 1. The molecule has 0 amide bonds. The maximum Gasteiger partial charge on any atom is 0.472 e. The van der Waals surface area contributed by atoms with E-state index in [4.69, 9.17) is 37.0 Å². The minimum Gasteiger partial charge on any atom is -0.462 e. The maximum atomic E-state index is 13.0. The third-order valence-electron chi connectivity index (χ3n) is 15.4. The van der Waals surface area contributed by atoms with Crippen molar-refractivity contribution in [2.45, 2.75) is 337 Å². The van der Waals surface area contributed by atoms with E-state index >= 15 is 0 Å². The molecule has 85 heavy (non-hydrogen) atoms. The Morgan fingerprint density at radius 2 is 0.565 bits per heavy atom. The van der Waals surface area contributed by atoms with E-state index in [1.807, 2.05) is 0 Å². The van der Waals surface area contributed by atoms with E-state index in [0.717, 1.165) is 114 Å². The van der Waals surface area contributed by atoms with Gasteiger partial charge in [0.1, 0.15) is 19.3 Å². The quantitative estimate of drug-likeness (QED) is 0.0222. The minimum absolute atomic E-state index is 0.101. The lowest BCUT2D eigenvalue weighted by molar-refractivity contribution is -0.161. The first kappa shape index (κ1) is 83.1. The van der Waals surface area contributed by atoms with E-state index in [1.165, 1.54) is 116 Å². The molecule has 19 heteroatoms. The molecule has 0 heterocycles. The van der Waals surface area contributed by atoms with Crippen molar-refractivity contribution in [1.29, 1.82) is 0 Å². The summed E-state index contributed by atoms with van der Waals surface area (Å²) >= 11 is 0. The van der Waals surface area contributed by atoms with E-state index in [9.17, 15) is 43.2 Å². The number of ether oxygens (including phenoxy) is 4. The first-order valence-electron chi connectivity index (χ1n) is 34.2. The van der Waals surface area contributed by atoms with Crippen LogP contribution < -0.4 is 0 Å². The van der Waals surface area contributed by atoms with Gasteiger partial charge in [0.15, 0.2) is 12.2 Å². The summed E-state index contributed by atoms with van der Waals surface area (Å²) in [7, 11) is -9.89. The summed E-state index contributed by atoms with van der Waals surface area (Å²) < 4.78 is 68.0. The van der Waals surface area contributed by atoms with Crippen LogP contribution in [0.15, 0.2) is 0 Å². The van der Waals surface area contributed by atoms with Gasteiger partial charge in [0.25, 0.3) is 0 Å². The first-order chi connectivity index (χ1) is 40.6. The molecule has 0 aromatic carbocycles. The van der Waals surface area contributed by atoms with Gasteiger partial charge in [-0.25, -0.2) is 9.13 Å². The van der Waals surface area contributed by atoms with Crippen LogP contribution in [-0.4, -0.2) is 96.7 Å². The van der Waals surface area contributed by atoms with Crippen LogP contribution in [0.3, 0.4) is 0 Å². The van der Waals surface area contributed by atoms with Crippen molar-refractivity contribution in [1.82, 2.24) is 0 Å². The molecule has 504 valence electrons. The van der Waals surface area contributed by atoms with Crippen LogP contribution in [0, 0.1) is 23.7 Å². The second-order valence-corrected chi connectivity index (χ2v) is 28.4. The van der Waals surface area contributed by atoms with E-state index in [0.29, 0.717) is 31.6 Å². The average molecular weight is 1260 g/mol. The molecule has 0 aromatic heterocycles. The number of phosphoric ester groups is 2. The lowest BCUT2D eigenvalue weighted by Crippen LogP contribution is -2.30. The second kappa shape index (κ2) is 56.1. The van der Waals surface area contributed by atoms with Gasteiger partial charge >= 0.3 is 39.5 Å². The molecule has 0 bridgehead atoms. The van der Waals surface area contributed by atoms with Crippen LogP contribution in [-0.2, 0) is 65.4 Å². The average Bonchev–Trinajstić information content (AvgIpc) is 3.54. The summed E-state index contributed by atoms with van der Waals surface area (Å²) in [5, 5.41) is 10.5. The van der Waals surface area contributed by atoms with Gasteiger partial charge in [0, 0.05) is 25.7 Å². The summed E-state index contributed by atoms with van der Waals surface area (Å²) in [4.78, 5) is 72.3. The molecule has 0 saturated carbocycles. The van der Waals surface area contributed by atoms with Crippen molar-refractivity contribution in [3.63, 3.8) is 0 Å². The molecule has 3 N–H and O–H groups in total. The molecule has 0 saturated heterocycles. The van der Waals surface area contributed by atoms with E-state index in [1.54, 1.807) is 0 Å². The van der Waals surface area contributed by atoms with Gasteiger partial charge in [-0.2, -0.15) is 0 Å². The Bertz CT molecular complexity index is 1700. The minimum atomic E-state index is -4.95. The van der Waals surface area contributed by atoms with Crippen molar-refractivity contribution in [2.24, 2.45) is 23.7 Å². The van der Waals surface area contributed by atoms with Gasteiger partial charge < -0.3 is 33.8 Å². The summed E-state index contributed by atoms with van der Waals surface area (Å²) in [6.45, 7) is 13.9. The number of esters is 4. The summed E-state index contributed by atoms with van der Waals surface area (Å²) in [5.41, 5.74) is 0. The third kappa shape index (κ3) is 59.5. The highest BCUT2D eigenvalue weighted by Gasteiger charge is 2.30. The number of hydrogen-bond donors (Lipinski definition) is 3. The van der Waals surface area contributed by atoms with Gasteiger partial charge in [-0.15, -0.1) is 0 Å². The molecule has 0 rings (SSSR count). The van der Waals surface area contributed by atoms with Crippen LogP contribution in [0.1, 0.15) is 319 Å². The maximum absolute atomic E-state index is 13.0. The van der Waals surface area contributed by atoms with E-state index < -0.39 is 97.5 Å². The topological polar surface area (TPSA) is 237 Å². The van der Waals surface area contributed by atoms with E-state index in [-0.39, 0.29) is 25.7 Å². The summed E-state index contributed by atoms with van der Waals surface area (Å²) in [5.74, 6) is 0.759. The number of aliphatic hydroxyl groups excluding tert-OH is 1. The van der Waals surface area contributed by atoms with Crippen LogP contribution in [0.5, 0.6) is 0 Å². The van der Waals surface area contributed by atoms with Crippen LogP contribution in [0.4, 0.5) is 0 Å². The van der Waals surface area contributed by atoms with Gasteiger partial charge in [-0.05, 0) is 49.4 Å². The van der Waals surface area contributed by atoms with Gasteiger partial charge in [-0.1, -0.05) is 267 Å².